The number of nitrogens with zero attached hydrogens (tertiary/aromatic N) is 1. The molecule has 3 aromatic rings. The zero-order valence-corrected chi connectivity index (χ0v) is 17.7. The van der Waals surface area contributed by atoms with Crippen LogP contribution in [0.1, 0.15) is 27.8 Å². The predicted molar refractivity (Wildman–Crippen MR) is 120 cm³/mol. The molecule has 0 unspecified atom stereocenters. The summed E-state index contributed by atoms with van der Waals surface area (Å²) in [7, 11) is 1.53. The van der Waals surface area contributed by atoms with E-state index in [0.29, 0.717) is 29.0 Å². The fraction of sp³-hybridized carbons (Fsp3) is 0.154. The number of ether oxygens (including phenoxy) is 1. The van der Waals surface area contributed by atoms with E-state index in [0.717, 1.165) is 16.7 Å². The number of hydrogen-bond acceptors (Lipinski definition) is 3. The molecule has 0 spiro atoms. The molecule has 0 aliphatic rings. The van der Waals surface area contributed by atoms with E-state index in [9.17, 15) is 14.4 Å². The predicted octanol–water partition coefficient (Wildman–Crippen LogP) is 5.59. The van der Waals surface area contributed by atoms with Crippen LogP contribution in [-0.2, 0) is 11.2 Å². The van der Waals surface area contributed by atoms with Crippen LogP contribution in [0.3, 0.4) is 0 Å². The monoisotopic (exact) mass is 414 g/mol. The number of anilines is 1. The Morgan fingerprint density at radius 3 is 2.58 bits per heavy atom. The second-order valence-electron chi connectivity index (χ2n) is 7.28. The normalized spacial score (nSPS) is 11.0. The second kappa shape index (κ2) is 9.73. The molecule has 0 aromatic heterocycles. The van der Waals surface area contributed by atoms with E-state index < -0.39 is 5.91 Å². The highest BCUT2D eigenvalue weighted by Crippen LogP contribution is 2.26. The number of benzene rings is 3. The highest BCUT2D eigenvalue weighted by atomic mass is 19.1. The number of carbonyl (C=O) groups excluding carboxylic acids is 1. The molecular weight excluding hydrogens is 391 g/mol. The Morgan fingerprint density at radius 2 is 1.87 bits per heavy atom. The van der Waals surface area contributed by atoms with Crippen molar-refractivity contribution < 1.29 is 13.9 Å². The molecule has 0 radical (unpaired) electrons. The van der Waals surface area contributed by atoms with Crippen molar-refractivity contribution in [2.45, 2.75) is 20.3 Å². The average molecular weight is 414 g/mol. The summed E-state index contributed by atoms with van der Waals surface area (Å²) >= 11 is 0. The first-order valence-corrected chi connectivity index (χ1v) is 9.82. The Morgan fingerprint density at radius 1 is 1.10 bits per heavy atom. The summed E-state index contributed by atoms with van der Waals surface area (Å²) < 4.78 is 19.5. The van der Waals surface area contributed by atoms with E-state index >= 15 is 0 Å². The van der Waals surface area contributed by atoms with Gasteiger partial charge in [-0.05, 0) is 65.9 Å². The van der Waals surface area contributed by atoms with Gasteiger partial charge in [-0.25, -0.2) is 4.39 Å². The van der Waals surface area contributed by atoms with Gasteiger partial charge in [0, 0.05) is 12.1 Å². The molecule has 4 nitrogen and oxygen atoms in total. The zero-order valence-electron chi connectivity index (χ0n) is 17.7. The first-order valence-electron chi connectivity index (χ1n) is 9.82. The van der Waals surface area contributed by atoms with Crippen molar-refractivity contribution in [1.82, 2.24) is 0 Å². The van der Waals surface area contributed by atoms with Crippen LogP contribution in [0.2, 0.25) is 0 Å². The first-order chi connectivity index (χ1) is 14.9. The van der Waals surface area contributed by atoms with Crippen LogP contribution in [0, 0.1) is 31.0 Å². The van der Waals surface area contributed by atoms with Gasteiger partial charge in [-0.3, -0.25) is 4.79 Å². The number of nitriles is 1. The Labute approximate surface area is 181 Å². The molecule has 0 bridgehead atoms. The van der Waals surface area contributed by atoms with Crippen LogP contribution in [0.4, 0.5) is 10.1 Å². The molecule has 31 heavy (non-hydrogen) atoms. The van der Waals surface area contributed by atoms with Gasteiger partial charge in [-0.1, -0.05) is 42.5 Å². The molecule has 0 aliphatic carbocycles. The summed E-state index contributed by atoms with van der Waals surface area (Å²) in [6, 6.07) is 19.6. The molecule has 0 fully saturated rings. The third-order valence-electron chi connectivity index (χ3n) is 4.97. The minimum absolute atomic E-state index is 0.0233. The van der Waals surface area contributed by atoms with Gasteiger partial charge in [0.15, 0.2) is 0 Å². The minimum atomic E-state index is -0.481. The SMILES string of the molecule is COc1cc(/C=C(\C#N)C(=O)Nc2cc(C)ccc2C)ccc1Cc1ccccc1F. The van der Waals surface area contributed by atoms with Crippen LogP contribution < -0.4 is 10.1 Å². The number of hydrogen-bond donors (Lipinski definition) is 1. The summed E-state index contributed by atoms with van der Waals surface area (Å²) in [5, 5.41) is 12.3. The quantitative estimate of drug-likeness (QED) is 0.423. The minimum Gasteiger partial charge on any atom is -0.496 e. The van der Waals surface area contributed by atoms with Crippen LogP contribution in [0.5, 0.6) is 5.75 Å². The lowest BCUT2D eigenvalue weighted by Gasteiger charge is -2.11. The first kappa shape index (κ1) is 21.8. The maximum atomic E-state index is 14.0. The molecular formula is C26H23FN2O2. The molecule has 0 heterocycles. The van der Waals surface area contributed by atoms with Crippen molar-refractivity contribution in [3.05, 3.63) is 99.9 Å². The van der Waals surface area contributed by atoms with E-state index in [2.05, 4.69) is 5.32 Å². The van der Waals surface area contributed by atoms with Gasteiger partial charge < -0.3 is 10.1 Å². The number of amides is 1. The van der Waals surface area contributed by atoms with Crippen molar-refractivity contribution in [2.75, 3.05) is 12.4 Å². The Kier molecular flexibility index (Phi) is 6.84. The second-order valence-corrected chi connectivity index (χ2v) is 7.28. The van der Waals surface area contributed by atoms with Gasteiger partial charge in [0.1, 0.15) is 23.2 Å². The van der Waals surface area contributed by atoms with E-state index in [1.54, 1.807) is 30.3 Å². The van der Waals surface area contributed by atoms with Gasteiger partial charge in [0.05, 0.1) is 7.11 Å². The van der Waals surface area contributed by atoms with E-state index in [1.807, 2.05) is 44.2 Å². The van der Waals surface area contributed by atoms with E-state index in [4.69, 9.17) is 4.74 Å². The molecule has 5 heteroatoms. The fourth-order valence-corrected chi connectivity index (χ4v) is 3.22. The summed E-state index contributed by atoms with van der Waals surface area (Å²) in [6.45, 7) is 3.83. The van der Waals surface area contributed by atoms with Crippen LogP contribution in [0.25, 0.3) is 6.08 Å². The van der Waals surface area contributed by atoms with Crippen LogP contribution in [-0.4, -0.2) is 13.0 Å². The Balaban J connectivity index is 1.85. The maximum absolute atomic E-state index is 14.0. The number of nitrogens with one attached hydrogen (secondary N) is 1. The average Bonchev–Trinajstić information content (AvgIpc) is 2.76. The summed E-state index contributed by atoms with van der Waals surface area (Å²) in [6.07, 6.45) is 1.88. The highest BCUT2D eigenvalue weighted by molar-refractivity contribution is 6.10. The lowest BCUT2D eigenvalue weighted by Crippen LogP contribution is -2.14. The molecule has 3 aromatic carbocycles. The smallest absolute Gasteiger partial charge is 0.266 e. The molecule has 0 saturated carbocycles. The largest absolute Gasteiger partial charge is 0.496 e. The number of rotatable bonds is 6. The van der Waals surface area contributed by atoms with Crippen LogP contribution in [0.15, 0.2) is 66.2 Å². The van der Waals surface area contributed by atoms with Gasteiger partial charge in [-0.2, -0.15) is 5.26 Å². The maximum Gasteiger partial charge on any atom is 0.266 e. The van der Waals surface area contributed by atoms with Crippen molar-refractivity contribution in [3.8, 4) is 11.8 Å². The van der Waals surface area contributed by atoms with Crippen LogP contribution >= 0.6 is 0 Å². The molecule has 0 aliphatic heterocycles. The Bertz CT molecular complexity index is 1190. The Hall–Kier alpha value is -3.91. The van der Waals surface area contributed by atoms with Crippen molar-refractivity contribution in [2.24, 2.45) is 0 Å². The van der Waals surface area contributed by atoms with Gasteiger partial charge in [-0.15, -0.1) is 0 Å². The van der Waals surface area contributed by atoms with E-state index in [-0.39, 0.29) is 11.4 Å². The third-order valence-corrected chi connectivity index (χ3v) is 4.97. The standard InChI is InChI=1S/C26H23FN2O2/c1-17-8-9-18(2)24(12-17)29-26(30)22(16-28)13-19-10-11-21(25(14-19)31-3)15-20-6-4-5-7-23(20)27/h4-14H,15H2,1-3H3,(H,29,30)/b22-13+. The third kappa shape index (κ3) is 5.37. The van der Waals surface area contributed by atoms with E-state index in [1.165, 1.54) is 19.3 Å². The zero-order chi connectivity index (χ0) is 22.4. The molecule has 0 atom stereocenters. The van der Waals surface area contributed by atoms with Gasteiger partial charge in [0.25, 0.3) is 5.91 Å². The van der Waals surface area contributed by atoms with Gasteiger partial charge in [0.2, 0.25) is 0 Å². The molecule has 1 amide bonds. The fourth-order valence-electron chi connectivity index (χ4n) is 3.22. The molecule has 3 rings (SSSR count). The van der Waals surface area contributed by atoms with Gasteiger partial charge >= 0.3 is 0 Å². The highest BCUT2D eigenvalue weighted by Gasteiger charge is 2.13. The molecule has 0 saturated heterocycles. The van der Waals surface area contributed by atoms with Crippen molar-refractivity contribution in [1.29, 1.82) is 5.26 Å². The number of carbonyl (C=O) groups is 1. The topological polar surface area (TPSA) is 62.1 Å². The number of halogens is 1. The molecule has 156 valence electrons. The number of aryl methyl sites for hydroxylation is 2. The van der Waals surface area contributed by atoms with Crippen molar-refractivity contribution >= 4 is 17.7 Å². The lowest BCUT2D eigenvalue weighted by molar-refractivity contribution is -0.112. The molecule has 1 N–H and O–H groups in total. The summed E-state index contributed by atoms with van der Waals surface area (Å²) in [4.78, 5) is 12.6. The lowest BCUT2D eigenvalue weighted by atomic mass is 10.0. The van der Waals surface area contributed by atoms with Crippen molar-refractivity contribution in [3.63, 3.8) is 0 Å². The summed E-state index contributed by atoms with van der Waals surface area (Å²) in [5.41, 5.74) is 4.59. The summed E-state index contributed by atoms with van der Waals surface area (Å²) in [5.74, 6) is -0.196. The number of methoxy groups -OCH3 is 1.